The molecular formula is C19H22N2O2. The Morgan fingerprint density at radius 3 is 2.61 bits per heavy atom. The average Bonchev–Trinajstić information content (AvgIpc) is 2.57. The Morgan fingerprint density at radius 1 is 1.13 bits per heavy atom. The molecule has 2 atom stereocenters. The second kappa shape index (κ2) is 6.84. The van der Waals surface area contributed by atoms with Gasteiger partial charge >= 0.3 is 6.09 Å². The van der Waals surface area contributed by atoms with Crippen molar-refractivity contribution >= 4 is 6.09 Å². The van der Waals surface area contributed by atoms with Gasteiger partial charge in [0, 0.05) is 12.6 Å². The number of piperidine rings is 1. The van der Waals surface area contributed by atoms with Crippen LogP contribution < -0.4 is 5.73 Å². The van der Waals surface area contributed by atoms with Crippen LogP contribution in [-0.2, 0) is 6.42 Å². The Bertz CT molecular complexity index is 672. The van der Waals surface area contributed by atoms with Crippen LogP contribution in [0.1, 0.15) is 18.4 Å². The third-order valence-corrected chi connectivity index (χ3v) is 4.56. The Morgan fingerprint density at radius 2 is 1.87 bits per heavy atom. The van der Waals surface area contributed by atoms with Gasteiger partial charge in [-0.15, -0.1) is 0 Å². The van der Waals surface area contributed by atoms with Gasteiger partial charge in [0.05, 0.1) is 6.04 Å². The lowest BCUT2D eigenvalue weighted by molar-refractivity contribution is 0.0974. The fourth-order valence-corrected chi connectivity index (χ4v) is 3.34. The number of likely N-dealkylation sites (tertiary alicyclic amines) is 1. The summed E-state index contributed by atoms with van der Waals surface area (Å²) >= 11 is 0. The molecule has 0 bridgehead atoms. The first-order chi connectivity index (χ1) is 11.1. The zero-order chi connectivity index (χ0) is 16.2. The number of nitrogens with zero attached hydrogens (tertiary/aromatic N) is 1. The van der Waals surface area contributed by atoms with Gasteiger partial charge in [-0.2, -0.15) is 0 Å². The fraction of sp³-hybridized carbons (Fsp3) is 0.316. The van der Waals surface area contributed by atoms with Crippen LogP contribution in [0.2, 0.25) is 0 Å². The van der Waals surface area contributed by atoms with Gasteiger partial charge < -0.3 is 15.7 Å². The van der Waals surface area contributed by atoms with E-state index < -0.39 is 6.09 Å². The molecule has 23 heavy (non-hydrogen) atoms. The molecule has 0 radical (unpaired) electrons. The van der Waals surface area contributed by atoms with Gasteiger partial charge in [-0.05, 0) is 36.0 Å². The second-order valence-electron chi connectivity index (χ2n) is 6.12. The molecule has 120 valence electrons. The molecule has 1 saturated heterocycles. The minimum atomic E-state index is -0.871. The number of benzene rings is 2. The smallest absolute Gasteiger partial charge is 0.407 e. The molecule has 1 heterocycles. The van der Waals surface area contributed by atoms with Crippen LogP contribution in [0.25, 0.3) is 11.1 Å². The third-order valence-electron chi connectivity index (χ3n) is 4.56. The lowest BCUT2D eigenvalue weighted by atomic mass is 9.91. The van der Waals surface area contributed by atoms with Gasteiger partial charge in [-0.1, -0.05) is 54.6 Å². The summed E-state index contributed by atoms with van der Waals surface area (Å²) in [6, 6.07) is 18.2. The van der Waals surface area contributed by atoms with Gasteiger partial charge in [0.15, 0.2) is 0 Å². The standard InChI is InChI=1S/C19H22N2O2/c20-17-10-5-11-21(19(22)23)18(17)13-14-6-4-9-16(12-14)15-7-2-1-3-8-15/h1-4,6-9,12,17-18H,5,10-11,13,20H2,(H,22,23)/t17-,18-/m0/s1. The molecule has 0 saturated carbocycles. The van der Waals surface area contributed by atoms with E-state index in [0.29, 0.717) is 13.0 Å². The fourth-order valence-electron chi connectivity index (χ4n) is 3.34. The van der Waals surface area contributed by atoms with Crippen molar-refractivity contribution in [2.45, 2.75) is 31.3 Å². The van der Waals surface area contributed by atoms with Crippen LogP contribution in [0.5, 0.6) is 0 Å². The maximum Gasteiger partial charge on any atom is 0.407 e. The third kappa shape index (κ3) is 3.54. The van der Waals surface area contributed by atoms with Crippen LogP contribution in [0, 0.1) is 0 Å². The molecule has 4 nitrogen and oxygen atoms in total. The summed E-state index contributed by atoms with van der Waals surface area (Å²) in [7, 11) is 0. The molecule has 0 aliphatic carbocycles. The Labute approximate surface area is 136 Å². The van der Waals surface area contributed by atoms with Crippen molar-refractivity contribution in [1.82, 2.24) is 4.90 Å². The van der Waals surface area contributed by atoms with E-state index in [1.165, 1.54) is 4.90 Å². The number of hydrogen-bond donors (Lipinski definition) is 2. The minimum Gasteiger partial charge on any atom is -0.465 e. The highest BCUT2D eigenvalue weighted by atomic mass is 16.4. The van der Waals surface area contributed by atoms with E-state index in [1.807, 2.05) is 30.3 Å². The molecule has 3 rings (SSSR count). The van der Waals surface area contributed by atoms with Gasteiger partial charge in [0.2, 0.25) is 0 Å². The summed E-state index contributed by atoms with van der Waals surface area (Å²) in [4.78, 5) is 13.0. The first kappa shape index (κ1) is 15.6. The van der Waals surface area contributed by atoms with Crippen molar-refractivity contribution in [3.63, 3.8) is 0 Å². The second-order valence-corrected chi connectivity index (χ2v) is 6.12. The summed E-state index contributed by atoms with van der Waals surface area (Å²) < 4.78 is 0. The van der Waals surface area contributed by atoms with E-state index in [4.69, 9.17) is 5.73 Å². The van der Waals surface area contributed by atoms with Crippen LogP contribution >= 0.6 is 0 Å². The molecule has 3 N–H and O–H groups in total. The molecular weight excluding hydrogens is 288 g/mol. The molecule has 2 aromatic rings. The highest BCUT2D eigenvalue weighted by Crippen LogP contribution is 2.24. The van der Waals surface area contributed by atoms with Crippen molar-refractivity contribution in [2.24, 2.45) is 5.73 Å². The quantitative estimate of drug-likeness (QED) is 0.913. The molecule has 4 heteroatoms. The molecule has 1 aliphatic rings. The summed E-state index contributed by atoms with van der Waals surface area (Å²) in [5.41, 5.74) is 9.64. The topological polar surface area (TPSA) is 66.6 Å². The number of amides is 1. The Kier molecular flexibility index (Phi) is 4.63. The molecule has 1 amide bonds. The van der Waals surface area contributed by atoms with E-state index in [2.05, 4.69) is 24.3 Å². The predicted octanol–water partition coefficient (Wildman–Crippen LogP) is 3.37. The van der Waals surface area contributed by atoms with E-state index in [1.54, 1.807) is 0 Å². The zero-order valence-corrected chi connectivity index (χ0v) is 13.1. The van der Waals surface area contributed by atoms with Gasteiger partial charge in [0.25, 0.3) is 0 Å². The first-order valence-corrected chi connectivity index (χ1v) is 8.04. The molecule has 0 unspecified atom stereocenters. The van der Waals surface area contributed by atoms with Crippen molar-refractivity contribution in [2.75, 3.05) is 6.54 Å². The summed E-state index contributed by atoms with van der Waals surface area (Å²) in [5, 5.41) is 9.41. The predicted molar refractivity (Wildman–Crippen MR) is 91.3 cm³/mol. The SMILES string of the molecule is N[C@H]1CCCN(C(=O)O)[C@H]1Cc1cccc(-c2ccccc2)c1. The van der Waals surface area contributed by atoms with Crippen molar-refractivity contribution in [3.8, 4) is 11.1 Å². The van der Waals surface area contributed by atoms with E-state index >= 15 is 0 Å². The molecule has 0 aromatic heterocycles. The molecule has 0 spiro atoms. The van der Waals surface area contributed by atoms with Crippen LogP contribution in [0.3, 0.4) is 0 Å². The van der Waals surface area contributed by atoms with Gasteiger partial charge in [-0.3, -0.25) is 0 Å². The van der Waals surface area contributed by atoms with Gasteiger partial charge in [0.1, 0.15) is 0 Å². The Hall–Kier alpha value is -2.33. The molecule has 1 fully saturated rings. The van der Waals surface area contributed by atoms with E-state index in [-0.39, 0.29) is 12.1 Å². The van der Waals surface area contributed by atoms with Crippen molar-refractivity contribution < 1.29 is 9.90 Å². The van der Waals surface area contributed by atoms with Crippen LogP contribution in [0.15, 0.2) is 54.6 Å². The monoisotopic (exact) mass is 310 g/mol. The van der Waals surface area contributed by atoms with Crippen molar-refractivity contribution in [1.29, 1.82) is 0 Å². The summed E-state index contributed by atoms with van der Waals surface area (Å²) in [6.45, 7) is 0.575. The normalized spacial score (nSPS) is 21.2. The molecule has 1 aliphatic heterocycles. The van der Waals surface area contributed by atoms with Crippen LogP contribution in [0.4, 0.5) is 4.79 Å². The van der Waals surface area contributed by atoms with Gasteiger partial charge in [-0.25, -0.2) is 4.79 Å². The van der Waals surface area contributed by atoms with E-state index in [9.17, 15) is 9.90 Å². The maximum absolute atomic E-state index is 11.5. The Balaban J connectivity index is 1.83. The molecule has 2 aromatic carbocycles. The zero-order valence-electron chi connectivity index (χ0n) is 13.1. The maximum atomic E-state index is 11.5. The lowest BCUT2D eigenvalue weighted by Crippen LogP contribution is -2.54. The number of carboxylic acid groups (broad SMARTS) is 1. The highest BCUT2D eigenvalue weighted by molar-refractivity contribution is 5.66. The number of hydrogen-bond acceptors (Lipinski definition) is 2. The first-order valence-electron chi connectivity index (χ1n) is 8.04. The lowest BCUT2D eigenvalue weighted by Gasteiger charge is -2.38. The van der Waals surface area contributed by atoms with Crippen molar-refractivity contribution in [3.05, 3.63) is 60.2 Å². The number of carbonyl (C=O) groups is 1. The largest absolute Gasteiger partial charge is 0.465 e. The number of rotatable bonds is 3. The average molecular weight is 310 g/mol. The minimum absolute atomic E-state index is 0.0970. The summed E-state index contributed by atoms with van der Waals surface area (Å²) in [5.74, 6) is 0. The summed E-state index contributed by atoms with van der Waals surface area (Å²) in [6.07, 6.45) is 1.51. The van der Waals surface area contributed by atoms with Crippen LogP contribution in [-0.4, -0.2) is 34.7 Å². The van der Waals surface area contributed by atoms with E-state index in [0.717, 1.165) is 29.5 Å². The number of nitrogens with two attached hydrogens (primary N) is 1. The highest BCUT2D eigenvalue weighted by Gasteiger charge is 2.32.